The van der Waals surface area contributed by atoms with Crippen molar-refractivity contribution >= 4 is 52.2 Å². The van der Waals surface area contributed by atoms with Gasteiger partial charge >= 0.3 is 0 Å². The molecule has 1 aromatic heterocycles. The van der Waals surface area contributed by atoms with Gasteiger partial charge in [0.05, 0.1) is 15.6 Å². The van der Waals surface area contributed by atoms with Gasteiger partial charge in [0.2, 0.25) is 0 Å². The molecular weight excluding hydrogens is 447 g/mol. The minimum atomic E-state index is -0.788. The zero-order valence-corrected chi connectivity index (χ0v) is 16.6. The van der Waals surface area contributed by atoms with Crippen molar-refractivity contribution in [2.45, 2.75) is 6.54 Å². The third-order valence-electron chi connectivity index (χ3n) is 3.74. The van der Waals surface area contributed by atoms with E-state index in [1.165, 1.54) is 23.7 Å². The van der Waals surface area contributed by atoms with E-state index >= 15 is 0 Å². The van der Waals surface area contributed by atoms with E-state index in [-0.39, 0.29) is 44.2 Å². The first kappa shape index (κ1) is 21.0. The fourth-order valence-corrected chi connectivity index (χ4v) is 3.44. The number of hydrogen-bond acceptors (Lipinski definition) is 5. The zero-order valence-electron chi connectivity index (χ0n) is 14.3. The molecular formula is C18H11Cl2F2N3O3S. The van der Waals surface area contributed by atoms with Crippen LogP contribution in [0.15, 0.2) is 35.8 Å². The Bertz CT molecular complexity index is 1080. The number of phenols is 1. The predicted octanol–water partition coefficient (Wildman–Crippen LogP) is 4.62. The van der Waals surface area contributed by atoms with Gasteiger partial charge in [0.25, 0.3) is 11.8 Å². The summed E-state index contributed by atoms with van der Waals surface area (Å²) in [6.45, 7) is -0.181. The maximum absolute atomic E-state index is 13.7. The number of nitrogens with one attached hydrogen (secondary N) is 2. The molecule has 1 heterocycles. The minimum Gasteiger partial charge on any atom is -0.505 e. The number of phenolic OH excluding ortho intramolecular Hbond substituents is 1. The number of hydrogen-bond donors (Lipinski definition) is 3. The van der Waals surface area contributed by atoms with Crippen LogP contribution in [0.3, 0.4) is 0 Å². The summed E-state index contributed by atoms with van der Waals surface area (Å²) in [5.41, 5.74) is 1.49. The van der Waals surface area contributed by atoms with E-state index in [0.717, 1.165) is 17.4 Å². The molecule has 0 aliphatic rings. The average molecular weight is 458 g/mol. The van der Waals surface area contributed by atoms with Gasteiger partial charge in [0.1, 0.15) is 16.5 Å². The fourth-order valence-electron chi connectivity index (χ4n) is 2.29. The Morgan fingerprint density at radius 2 is 1.79 bits per heavy atom. The van der Waals surface area contributed by atoms with Gasteiger partial charge in [0.15, 0.2) is 11.6 Å². The normalized spacial score (nSPS) is 10.6. The molecule has 0 aliphatic heterocycles. The molecule has 0 saturated heterocycles. The molecule has 29 heavy (non-hydrogen) atoms. The average Bonchev–Trinajstić information content (AvgIpc) is 3.13. The van der Waals surface area contributed by atoms with Gasteiger partial charge in [-0.3, -0.25) is 9.59 Å². The summed E-state index contributed by atoms with van der Waals surface area (Å²) < 4.78 is 26.6. The van der Waals surface area contributed by atoms with Gasteiger partial charge in [-0.2, -0.15) is 0 Å². The molecule has 11 heteroatoms. The lowest BCUT2D eigenvalue weighted by Crippen LogP contribution is -2.24. The Morgan fingerprint density at radius 1 is 1.10 bits per heavy atom. The smallest absolute Gasteiger partial charge is 0.265 e. The number of aromatic hydroxyl groups is 1. The summed E-state index contributed by atoms with van der Waals surface area (Å²) in [4.78, 5) is 28.8. The summed E-state index contributed by atoms with van der Waals surface area (Å²) in [6, 6.07) is 5.44. The lowest BCUT2D eigenvalue weighted by molar-refractivity contribution is 0.0955. The van der Waals surface area contributed by atoms with Gasteiger partial charge in [-0.25, -0.2) is 13.8 Å². The Hall–Kier alpha value is -2.75. The Labute approximate surface area is 177 Å². The van der Waals surface area contributed by atoms with Gasteiger partial charge < -0.3 is 15.7 Å². The molecule has 3 N–H and O–H groups in total. The monoisotopic (exact) mass is 457 g/mol. The van der Waals surface area contributed by atoms with E-state index in [4.69, 9.17) is 23.2 Å². The van der Waals surface area contributed by atoms with Gasteiger partial charge in [-0.05, 0) is 18.2 Å². The van der Waals surface area contributed by atoms with Crippen LogP contribution in [0.25, 0.3) is 0 Å². The number of rotatable bonds is 5. The lowest BCUT2D eigenvalue weighted by atomic mass is 10.2. The first-order valence-corrected chi connectivity index (χ1v) is 9.54. The minimum absolute atomic E-state index is 0.0163. The molecule has 6 nitrogen and oxygen atoms in total. The second-order valence-corrected chi connectivity index (χ2v) is 7.36. The first-order valence-electron chi connectivity index (χ1n) is 7.91. The van der Waals surface area contributed by atoms with E-state index in [2.05, 4.69) is 15.6 Å². The van der Waals surface area contributed by atoms with Crippen molar-refractivity contribution in [3.63, 3.8) is 0 Å². The molecule has 2 amide bonds. The van der Waals surface area contributed by atoms with E-state index in [1.54, 1.807) is 0 Å². The van der Waals surface area contributed by atoms with Crippen molar-refractivity contribution in [2.75, 3.05) is 5.32 Å². The number of nitrogens with zero attached hydrogens (tertiary/aromatic N) is 1. The van der Waals surface area contributed by atoms with Crippen LogP contribution < -0.4 is 10.6 Å². The van der Waals surface area contributed by atoms with E-state index < -0.39 is 23.4 Å². The predicted molar refractivity (Wildman–Crippen MR) is 106 cm³/mol. The summed E-state index contributed by atoms with van der Waals surface area (Å²) in [5, 5.41) is 14.3. The molecule has 0 bridgehead atoms. The second kappa shape index (κ2) is 8.73. The Kier molecular flexibility index (Phi) is 6.31. The van der Waals surface area contributed by atoms with E-state index in [9.17, 15) is 23.5 Å². The third kappa shape index (κ3) is 4.81. The highest BCUT2D eigenvalue weighted by Gasteiger charge is 2.19. The van der Waals surface area contributed by atoms with E-state index in [0.29, 0.717) is 6.07 Å². The number of benzene rings is 2. The van der Waals surface area contributed by atoms with Crippen molar-refractivity contribution in [3.8, 4) is 5.75 Å². The summed E-state index contributed by atoms with van der Waals surface area (Å²) in [5.74, 6) is -3.14. The standard InChI is InChI=1S/C18H11Cl2F2N3O3S/c19-11-3-9(4-12(20)14(11)26)17(27)25-16-15(29-7-24-16)18(28)23-6-8-1-2-10(21)5-13(8)22/h1-5,7,26H,6H2,(H,23,28)(H,25,27). The van der Waals surface area contributed by atoms with Crippen molar-refractivity contribution in [3.05, 3.63) is 73.5 Å². The highest BCUT2D eigenvalue weighted by Crippen LogP contribution is 2.33. The summed E-state index contributed by atoms with van der Waals surface area (Å²) in [6.07, 6.45) is 0. The fraction of sp³-hybridized carbons (Fsp3) is 0.0556. The highest BCUT2D eigenvalue weighted by molar-refractivity contribution is 7.12. The molecule has 0 radical (unpaired) electrons. The van der Waals surface area contributed by atoms with Crippen LogP contribution in [0.5, 0.6) is 5.75 Å². The number of carbonyl (C=O) groups is 2. The lowest BCUT2D eigenvalue weighted by Gasteiger charge is -2.08. The number of halogens is 4. The number of aromatic nitrogens is 1. The van der Waals surface area contributed by atoms with Gasteiger partial charge in [0, 0.05) is 23.7 Å². The van der Waals surface area contributed by atoms with Crippen LogP contribution in [0.1, 0.15) is 25.6 Å². The third-order valence-corrected chi connectivity index (χ3v) is 5.14. The number of thiazole rings is 1. The first-order chi connectivity index (χ1) is 13.8. The van der Waals surface area contributed by atoms with Crippen molar-refractivity contribution < 1.29 is 23.5 Å². The topological polar surface area (TPSA) is 91.3 Å². The largest absolute Gasteiger partial charge is 0.505 e. The highest BCUT2D eigenvalue weighted by atomic mass is 35.5. The molecule has 3 aromatic rings. The molecule has 0 atom stereocenters. The van der Waals surface area contributed by atoms with Gasteiger partial charge in [-0.1, -0.05) is 29.3 Å². The molecule has 2 aromatic carbocycles. The van der Waals surface area contributed by atoms with Crippen LogP contribution in [-0.4, -0.2) is 21.9 Å². The number of anilines is 1. The van der Waals surface area contributed by atoms with Crippen molar-refractivity contribution in [1.82, 2.24) is 10.3 Å². The zero-order chi connectivity index (χ0) is 21.1. The quantitative estimate of drug-likeness (QED) is 0.521. The molecule has 0 aliphatic carbocycles. The number of amides is 2. The van der Waals surface area contributed by atoms with Crippen LogP contribution in [0.2, 0.25) is 10.0 Å². The van der Waals surface area contributed by atoms with Crippen molar-refractivity contribution in [2.24, 2.45) is 0 Å². The Balaban J connectivity index is 1.71. The second-order valence-electron chi connectivity index (χ2n) is 5.69. The maximum atomic E-state index is 13.7. The van der Waals surface area contributed by atoms with Crippen LogP contribution in [0, 0.1) is 11.6 Å². The molecule has 150 valence electrons. The molecule has 0 spiro atoms. The molecule has 0 fully saturated rings. The van der Waals surface area contributed by atoms with Crippen LogP contribution in [0.4, 0.5) is 14.6 Å². The SMILES string of the molecule is O=C(Nc1ncsc1C(=O)NCc1ccc(F)cc1F)c1cc(Cl)c(O)c(Cl)c1. The van der Waals surface area contributed by atoms with Crippen LogP contribution in [-0.2, 0) is 6.54 Å². The summed E-state index contributed by atoms with van der Waals surface area (Å²) in [7, 11) is 0. The van der Waals surface area contributed by atoms with Gasteiger partial charge in [-0.15, -0.1) is 11.3 Å². The van der Waals surface area contributed by atoms with Crippen molar-refractivity contribution in [1.29, 1.82) is 0 Å². The van der Waals surface area contributed by atoms with E-state index in [1.807, 2.05) is 0 Å². The van der Waals surface area contributed by atoms with Crippen LogP contribution >= 0.6 is 34.5 Å². The molecule has 3 rings (SSSR count). The number of carbonyl (C=O) groups excluding carboxylic acids is 2. The Morgan fingerprint density at radius 3 is 2.45 bits per heavy atom. The summed E-state index contributed by atoms with van der Waals surface area (Å²) >= 11 is 12.6. The molecule has 0 saturated carbocycles. The molecule has 0 unspecified atom stereocenters. The maximum Gasteiger partial charge on any atom is 0.265 e.